The second-order valence-corrected chi connectivity index (χ2v) is 18.0. The van der Waals surface area contributed by atoms with E-state index in [2.05, 4.69) is 74.6 Å². The van der Waals surface area contributed by atoms with Gasteiger partial charge in [0.05, 0.1) is 6.61 Å². The molecule has 0 bridgehead atoms. The van der Waals surface area contributed by atoms with E-state index in [1.807, 2.05) is 0 Å². The first-order valence-electron chi connectivity index (χ1n) is 24.1. The van der Waals surface area contributed by atoms with Crippen LogP contribution in [0.5, 0.6) is 0 Å². The van der Waals surface area contributed by atoms with Crippen molar-refractivity contribution < 1.29 is 63.1 Å². The lowest BCUT2D eigenvalue weighted by Crippen LogP contribution is -2.64. The van der Waals surface area contributed by atoms with E-state index in [0.29, 0.717) is 12.8 Å². The fraction of sp³-hybridized carbons (Fsp3) is 0.755. The molecule has 364 valence electrons. The van der Waals surface area contributed by atoms with E-state index >= 15 is 0 Å². The van der Waals surface area contributed by atoms with Crippen molar-refractivity contribution in [3.8, 4) is 0 Å². The molecule has 0 saturated heterocycles. The number of allylic oxidation sites excluding steroid dienone is 10. The third-order valence-electron chi connectivity index (χ3n) is 10.8. The van der Waals surface area contributed by atoms with Crippen LogP contribution in [0.1, 0.15) is 181 Å². The Morgan fingerprint density at radius 2 is 0.857 bits per heavy atom. The maximum Gasteiger partial charge on any atom is 0.472 e. The molecule has 1 rings (SSSR count). The summed E-state index contributed by atoms with van der Waals surface area (Å²) in [6.45, 7) is 3.23. The van der Waals surface area contributed by atoms with Gasteiger partial charge in [0, 0.05) is 12.8 Å². The van der Waals surface area contributed by atoms with Crippen LogP contribution in [0.25, 0.3) is 0 Å². The smallest absolute Gasteiger partial charge is 0.462 e. The highest BCUT2D eigenvalue weighted by Crippen LogP contribution is 2.47. The maximum absolute atomic E-state index is 12.8. The Hall–Kier alpha value is -2.45. The Kier molecular flexibility index (Phi) is 36.1. The van der Waals surface area contributed by atoms with Gasteiger partial charge in [-0.3, -0.25) is 18.6 Å². The summed E-state index contributed by atoms with van der Waals surface area (Å²) in [5, 5.41) is 50.2. The number of carbonyl (C=O) groups excluding carboxylic acids is 2. The second kappa shape index (κ2) is 38.8. The lowest BCUT2D eigenvalue weighted by molar-refractivity contribution is -0.220. The SMILES string of the molecule is CCCCC/C=C/C/C=C/C/C=C/C/C=C/CCCCCC(=O)O[C@H](COC(=O)CCCCCCC/C=C/CCCCCCCC)COP(=O)(O)OC1C(O)C(O)C(O)[C@@H](O)C1O. The molecule has 0 amide bonds. The van der Waals surface area contributed by atoms with Gasteiger partial charge in [0.1, 0.15) is 43.2 Å². The Morgan fingerprint density at radius 1 is 0.492 bits per heavy atom. The van der Waals surface area contributed by atoms with Crippen LogP contribution in [0, 0.1) is 0 Å². The van der Waals surface area contributed by atoms with Crippen LogP contribution in [0.3, 0.4) is 0 Å². The maximum atomic E-state index is 12.8. The second-order valence-electron chi connectivity index (χ2n) is 16.6. The molecule has 63 heavy (non-hydrogen) atoms. The number of aliphatic hydroxyl groups is 5. The standard InChI is InChI=1S/C49H85O13P/c1-3-5-7-9-11-13-15-17-19-20-21-22-24-26-28-30-32-34-36-38-43(51)61-41(40-60-63(57,58)62-49-47(55)45(53)44(52)46(54)48(49)56)39-59-42(50)37-35-33-31-29-27-25-23-18-16-14-12-10-8-6-4-2/h11,13,17-19,21-23,26,28,41,44-49,52-56H,3-10,12,14-16,20,24-25,27,29-40H2,1-2H3,(H,57,58)/b13-11+,19-17+,22-21+,23-18+,28-26+/t41-,44?,45-,46?,47?,48?,49?/m1/s1. The molecule has 6 N–H and O–H groups in total. The number of carbonyl (C=O) groups is 2. The first-order chi connectivity index (χ1) is 30.4. The summed E-state index contributed by atoms with van der Waals surface area (Å²) in [7, 11) is -5.13. The number of phosphoric acid groups is 1. The molecular weight excluding hydrogens is 828 g/mol. The van der Waals surface area contributed by atoms with E-state index in [9.17, 15) is 44.6 Å². The quantitative estimate of drug-likeness (QED) is 0.0147. The van der Waals surface area contributed by atoms with Crippen LogP contribution in [-0.2, 0) is 32.7 Å². The topological polar surface area (TPSA) is 210 Å². The normalized spacial score (nSPS) is 22.2. The molecule has 1 aliphatic carbocycles. The van der Waals surface area contributed by atoms with Crippen molar-refractivity contribution in [3.05, 3.63) is 60.8 Å². The molecule has 0 radical (unpaired) electrons. The van der Waals surface area contributed by atoms with Gasteiger partial charge in [-0.05, 0) is 83.5 Å². The van der Waals surface area contributed by atoms with Crippen LogP contribution in [0.15, 0.2) is 60.8 Å². The zero-order valence-corrected chi connectivity index (χ0v) is 39.5. The molecule has 8 atom stereocenters. The van der Waals surface area contributed by atoms with Crippen molar-refractivity contribution in [2.45, 2.75) is 224 Å². The number of phosphoric ester groups is 1. The average Bonchev–Trinajstić information content (AvgIpc) is 3.26. The minimum Gasteiger partial charge on any atom is -0.462 e. The lowest BCUT2D eigenvalue weighted by Gasteiger charge is -2.41. The fourth-order valence-electron chi connectivity index (χ4n) is 6.91. The van der Waals surface area contributed by atoms with Gasteiger partial charge in [0.15, 0.2) is 6.10 Å². The minimum absolute atomic E-state index is 0.0554. The van der Waals surface area contributed by atoms with E-state index in [0.717, 1.165) is 83.5 Å². The van der Waals surface area contributed by atoms with Crippen molar-refractivity contribution in [2.75, 3.05) is 13.2 Å². The number of unbranched alkanes of at least 4 members (excludes halogenated alkanes) is 17. The van der Waals surface area contributed by atoms with Crippen LogP contribution in [0.4, 0.5) is 0 Å². The van der Waals surface area contributed by atoms with Gasteiger partial charge in [-0.25, -0.2) is 4.57 Å². The van der Waals surface area contributed by atoms with E-state index in [1.54, 1.807) is 0 Å². The largest absolute Gasteiger partial charge is 0.472 e. The third kappa shape index (κ3) is 31.2. The Labute approximate surface area is 379 Å². The number of ether oxygens (including phenoxy) is 2. The number of rotatable bonds is 39. The average molecular weight is 913 g/mol. The first-order valence-corrected chi connectivity index (χ1v) is 25.6. The molecule has 0 spiro atoms. The molecule has 1 aliphatic rings. The molecule has 1 fully saturated rings. The summed E-state index contributed by atoms with van der Waals surface area (Å²) in [6.07, 6.45) is 34.1. The molecular formula is C49H85O13P. The molecule has 0 aliphatic heterocycles. The Balaban J connectivity index is 2.48. The fourth-order valence-corrected chi connectivity index (χ4v) is 7.88. The Morgan fingerprint density at radius 3 is 1.37 bits per heavy atom. The highest BCUT2D eigenvalue weighted by Gasteiger charge is 2.51. The summed E-state index contributed by atoms with van der Waals surface area (Å²) < 4.78 is 33.5. The summed E-state index contributed by atoms with van der Waals surface area (Å²) >= 11 is 0. The van der Waals surface area contributed by atoms with E-state index in [4.69, 9.17) is 18.5 Å². The van der Waals surface area contributed by atoms with Gasteiger partial charge in [-0.2, -0.15) is 0 Å². The van der Waals surface area contributed by atoms with Crippen molar-refractivity contribution in [3.63, 3.8) is 0 Å². The molecule has 6 unspecified atom stereocenters. The molecule has 13 nitrogen and oxygen atoms in total. The number of esters is 2. The van der Waals surface area contributed by atoms with Gasteiger partial charge < -0.3 is 39.9 Å². The predicted molar refractivity (Wildman–Crippen MR) is 249 cm³/mol. The van der Waals surface area contributed by atoms with Crippen molar-refractivity contribution in [1.29, 1.82) is 0 Å². The van der Waals surface area contributed by atoms with E-state index in [-0.39, 0.29) is 12.8 Å². The lowest BCUT2D eigenvalue weighted by atomic mass is 9.85. The highest BCUT2D eigenvalue weighted by molar-refractivity contribution is 7.47. The van der Waals surface area contributed by atoms with Crippen LogP contribution in [0.2, 0.25) is 0 Å². The van der Waals surface area contributed by atoms with Gasteiger partial charge >= 0.3 is 19.8 Å². The Bertz CT molecular complexity index is 1330. The monoisotopic (exact) mass is 913 g/mol. The van der Waals surface area contributed by atoms with Crippen molar-refractivity contribution in [1.82, 2.24) is 0 Å². The molecule has 0 aromatic rings. The third-order valence-corrected chi connectivity index (χ3v) is 11.8. The minimum atomic E-state index is -5.13. The summed E-state index contributed by atoms with van der Waals surface area (Å²) in [5.41, 5.74) is 0. The van der Waals surface area contributed by atoms with Crippen LogP contribution >= 0.6 is 7.82 Å². The number of hydrogen-bond donors (Lipinski definition) is 6. The van der Waals surface area contributed by atoms with Gasteiger partial charge in [-0.1, -0.05) is 145 Å². The van der Waals surface area contributed by atoms with Crippen molar-refractivity contribution >= 4 is 19.8 Å². The van der Waals surface area contributed by atoms with E-state index < -0.39 is 75.7 Å². The summed E-state index contributed by atoms with van der Waals surface area (Å²) in [5.74, 6) is -1.15. The number of hydrogen-bond acceptors (Lipinski definition) is 12. The molecule has 1 saturated carbocycles. The predicted octanol–water partition coefficient (Wildman–Crippen LogP) is 9.73. The van der Waals surface area contributed by atoms with E-state index in [1.165, 1.54) is 57.8 Å². The molecule has 0 heterocycles. The van der Waals surface area contributed by atoms with Gasteiger partial charge in [0.2, 0.25) is 0 Å². The summed E-state index contributed by atoms with van der Waals surface area (Å²) in [4.78, 5) is 35.7. The zero-order valence-electron chi connectivity index (χ0n) is 38.6. The number of aliphatic hydroxyl groups excluding tert-OH is 5. The first kappa shape index (κ1) is 58.6. The van der Waals surface area contributed by atoms with Crippen LogP contribution in [-0.4, -0.2) is 98.3 Å². The zero-order chi connectivity index (χ0) is 46.4. The van der Waals surface area contributed by atoms with Gasteiger partial charge in [0.25, 0.3) is 0 Å². The molecule has 0 aromatic heterocycles. The van der Waals surface area contributed by atoms with Gasteiger partial charge in [-0.15, -0.1) is 0 Å². The summed E-state index contributed by atoms with van der Waals surface area (Å²) in [6, 6.07) is 0. The van der Waals surface area contributed by atoms with Crippen molar-refractivity contribution in [2.24, 2.45) is 0 Å². The molecule has 0 aromatic carbocycles. The molecule has 14 heteroatoms. The van der Waals surface area contributed by atoms with Crippen LogP contribution < -0.4 is 0 Å². The highest BCUT2D eigenvalue weighted by atomic mass is 31.2.